The Kier molecular flexibility index (Phi) is 5.70. The predicted octanol–water partition coefficient (Wildman–Crippen LogP) is 1.07. The lowest BCUT2D eigenvalue weighted by molar-refractivity contribution is 0.0486. The molecule has 1 aliphatic rings. The second-order valence-corrected chi connectivity index (χ2v) is 7.84. The van der Waals surface area contributed by atoms with Crippen LogP contribution in [0.25, 0.3) is 0 Å². The van der Waals surface area contributed by atoms with Gasteiger partial charge in [-0.05, 0) is 30.7 Å². The maximum absolute atomic E-state index is 12.7. The molecule has 1 saturated heterocycles. The molecule has 0 spiro atoms. The number of rotatable bonds is 6. The van der Waals surface area contributed by atoms with Crippen molar-refractivity contribution in [3.05, 3.63) is 47.8 Å². The largest absolute Gasteiger partial charge is 0.460 e. The fourth-order valence-electron chi connectivity index (χ4n) is 2.66. The molecule has 0 amide bonds. The first-order valence-corrected chi connectivity index (χ1v) is 9.75. The second-order valence-electron chi connectivity index (χ2n) is 5.90. The maximum Gasteiger partial charge on any atom is 0.338 e. The van der Waals surface area contributed by atoms with Crippen LogP contribution in [0.5, 0.6) is 0 Å². The molecular formula is C17H21N3O5S. The normalized spacial score (nSPS) is 15.7. The molecule has 3 rings (SSSR count). The highest BCUT2D eigenvalue weighted by molar-refractivity contribution is 7.89. The van der Waals surface area contributed by atoms with Crippen molar-refractivity contribution in [3.8, 4) is 0 Å². The average molecular weight is 379 g/mol. The zero-order valence-corrected chi connectivity index (χ0v) is 15.3. The summed E-state index contributed by atoms with van der Waals surface area (Å²) in [5.74, 6) is -0.548. The van der Waals surface area contributed by atoms with E-state index in [2.05, 4.69) is 5.10 Å². The Morgan fingerprint density at radius 1 is 1.31 bits per heavy atom. The number of hydrogen-bond donors (Lipinski definition) is 0. The number of carbonyl (C=O) groups is 1. The topological polar surface area (TPSA) is 90.7 Å². The summed E-state index contributed by atoms with van der Waals surface area (Å²) in [5, 5.41) is 4.03. The maximum atomic E-state index is 12.7. The molecule has 0 bridgehead atoms. The first-order chi connectivity index (χ1) is 12.5. The third-order valence-electron chi connectivity index (χ3n) is 4.15. The molecule has 0 saturated carbocycles. The number of hydrogen-bond acceptors (Lipinski definition) is 6. The molecule has 1 aromatic heterocycles. The van der Waals surface area contributed by atoms with Crippen molar-refractivity contribution in [3.63, 3.8) is 0 Å². The van der Waals surface area contributed by atoms with Gasteiger partial charge in [-0.1, -0.05) is 6.07 Å². The van der Waals surface area contributed by atoms with E-state index in [-0.39, 0.29) is 17.1 Å². The molecule has 1 aromatic carbocycles. The Labute approximate surface area is 152 Å². The predicted molar refractivity (Wildman–Crippen MR) is 93.3 cm³/mol. The van der Waals surface area contributed by atoms with Gasteiger partial charge in [-0.2, -0.15) is 9.40 Å². The number of aryl methyl sites for hydroxylation is 1. The number of morpholine rings is 1. The number of ether oxygens (including phenoxy) is 2. The molecule has 0 aliphatic carbocycles. The van der Waals surface area contributed by atoms with E-state index in [1.165, 1.54) is 16.4 Å². The van der Waals surface area contributed by atoms with E-state index in [9.17, 15) is 13.2 Å². The quantitative estimate of drug-likeness (QED) is 0.698. The van der Waals surface area contributed by atoms with E-state index in [1.807, 2.05) is 0 Å². The van der Waals surface area contributed by atoms with Crippen molar-refractivity contribution in [1.82, 2.24) is 14.1 Å². The van der Waals surface area contributed by atoms with Crippen LogP contribution in [0.15, 0.2) is 41.6 Å². The van der Waals surface area contributed by atoms with Gasteiger partial charge in [-0.25, -0.2) is 13.2 Å². The summed E-state index contributed by atoms with van der Waals surface area (Å²) in [4.78, 5) is 12.5. The molecule has 0 N–H and O–H groups in total. The monoisotopic (exact) mass is 379 g/mol. The third kappa shape index (κ3) is 4.12. The van der Waals surface area contributed by atoms with Crippen molar-refractivity contribution in [1.29, 1.82) is 0 Å². The first-order valence-electron chi connectivity index (χ1n) is 8.31. The van der Waals surface area contributed by atoms with E-state index in [0.717, 1.165) is 0 Å². The lowest BCUT2D eigenvalue weighted by Crippen LogP contribution is -2.40. The summed E-state index contributed by atoms with van der Waals surface area (Å²) in [5.41, 5.74) is 0.912. The van der Waals surface area contributed by atoms with Crippen molar-refractivity contribution in [2.45, 2.75) is 18.4 Å². The van der Waals surface area contributed by atoms with Crippen LogP contribution in [0.3, 0.4) is 0 Å². The fraction of sp³-hybridized carbons (Fsp3) is 0.412. The molecule has 140 valence electrons. The van der Waals surface area contributed by atoms with Gasteiger partial charge in [0.05, 0.1) is 30.2 Å². The van der Waals surface area contributed by atoms with Crippen LogP contribution in [0.4, 0.5) is 0 Å². The molecule has 0 atom stereocenters. The highest BCUT2D eigenvalue weighted by atomic mass is 32.2. The third-order valence-corrected chi connectivity index (χ3v) is 6.04. The average Bonchev–Trinajstić information content (AvgIpc) is 3.16. The number of aromatic nitrogens is 2. The zero-order valence-electron chi connectivity index (χ0n) is 14.5. The Morgan fingerprint density at radius 3 is 2.77 bits per heavy atom. The minimum atomic E-state index is -3.66. The Morgan fingerprint density at radius 2 is 2.08 bits per heavy atom. The van der Waals surface area contributed by atoms with Crippen LogP contribution in [0.2, 0.25) is 0 Å². The van der Waals surface area contributed by atoms with Crippen LogP contribution in [-0.2, 0) is 26.0 Å². The standard InChI is InChI=1S/C17H21N3O5S/c1-14-3-4-15(26(22,23)20-8-10-24-11-9-20)13-16(14)17(21)25-12-7-19-6-2-5-18-19/h2-6,13H,7-12H2,1H3. The molecule has 2 heterocycles. The highest BCUT2D eigenvalue weighted by Gasteiger charge is 2.27. The van der Waals surface area contributed by atoms with Crippen molar-refractivity contribution in [2.75, 3.05) is 32.9 Å². The van der Waals surface area contributed by atoms with Gasteiger partial charge in [0.1, 0.15) is 6.61 Å². The smallest absolute Gasteiger partial charge is 0.338 e. The molecule has 8 nitrogen and oxygen atoms in total. The van der Waals surface area contributed by atoms with Gasteiger partial charge in [-0.15, -0.1) is 0 Å². The molecule has 0 radical (unpaired) electrons. The second kappa shape index (κ2) is 7.98. The van der Waals surface area contributed by atoms with Gasteiger partial charge < -0.3 is 9.47 Å². The van der Waals surface area contributed by atoms with E-state index in [4.69, 9.17) is 9.47 Å². The molecule has 26 heavy (non-hydrogen) atoms. The number of sulfonamides is 1. The summed E-state index contributed by atoms with van der Waals surface area (Å²) in [6, 6.07) is 6.31. The van der Waals surface area contributed by atoms with Gasteiger partial charge in [-0.3, -0.25) is 4.68 Å². The molecule has 0 unspecified atom stereocenters. The lowest BCUT2D eigenvalue weighted by Gasteiger charge is -2.26. The number of carbonyl (C=O) groups excluding carboxylic acids is 1. The van der Waals surface area contributed by atoms with E-state index >= 15 is 0 Å². The summed E-state index contributed by atoms with van der Waals surface area (Å²) in [6.45, 7) is 3.68. The SMILES string of the molecule is Cc1ccc(S(=O)(=O)N2CCOCC2)cc1C(=O)OCCn1cccn1. The summed E-state index contributed by atoms with van der Waals surface area (Å²) < 4.78 is 39.0. The van der Waals surface area contributed by atoms with E-state index in [1.54, 1.807) is 36.1 Å². The molecule has 1 aliphatic heterocycles. The van der Waals surface area contributed by atoms with Gasteiger partial charge in [0.2, 0.25) is 10.0 Å². The first kappa shape index (κ1) is 18.6. The summed E-state index contributed by atoms with van der Waals surface area (Å²) in [6.07, 6.45) is 3.42. The minimum Gasteiger partial charge on any atom is -0.460 e. The number of nitrogens with zero attached hydrogens (tertiary/aromatic N) is 3. The molecule has 1 fully saturated rings. The summed E-state index contributed by atoms with van der Waals surface area (Å²) in [7, 11) is -3.66. The lowest BCUT2D eigenvalue weighted by atomic mass is 10.1. The van der Waals surface area contributed by atoms with Gasteiger partial charge in [0.15, 0.2) is 0 Å². The molecular weight excluding hydrogens is 358 g/mol. The van der Waals surface area contributed by atoms with Crippen LogP contribution in [-0.4, -0.2) is 61.4 Å². The van der Waals surface area contributed by atoms with Gasteiger partial charge >= 0.3 is 5.97 Å². The van der Waals surface area contributed by atoms with Crippen LogP contribution < -0.4 is 0 Å². The van der Waals surface area contributed by atoms with Crippen LogP contribution in [0, 0.1) is 6.92 Å². The van der Waals surface area contributed by atoms with Gasteiger partial charge in [0.25, 0.3) is 0 Å². The van der Waals surface area contributed by atoms with E-state index in [0.29, 0.717) is 38.4 Å². The highest BCUT2D eigenvalue weighted by Crippen LogP contribution is 2.21. The molecule has 9 heteroatoms. The Balaban J connectivity index is 1.73. The minimum absolute atomic E-state index is 0.0871. The molecule has 2 aromatic rings. The van der Waals surface area contributed by atoms with Crippen molar-refractivity contribution >= 4 is 16.0 Å². The van der Waals surface area contributed by atoms with Crippen LogP contribution >= 0.6 is 0 Å². The number of esters is 1. The Bertz CT molecular complexity index is 859. The Hall–Kier alpha value is -2.23. The van der Waals surface area contributed by atoms with E-state index < -0.39 is 16.0 Å². The van der Waals surface area contributed by atoms with Crippen molar-refractivity contribution in [2.24, 2.45) is 0 Å². The zero-order chi connectivity index (χ0) is 18.6. The van der Waals surface area contributed by atoms with Crippen molar-refractivity contribution < 1.29 is 22.7 Å². The number of benzene rings is 1. The fourth-order valence-corrected chi connectivity index (χ4v) is 4.09. The van der Waals surface area contributed by atoms with Crippen LogP contribution in [0.1, 0.15) is 15.9 Å². The summed E-state index contributed by atoms with van der Waals surface area (Å²) >= 11 is 0. The van der Waals surface area contributed by atoms with Gasteiger partial charge in [0, 0.05) is 25.5 Å².